The molecule has 1 aromatic carbocycles. The average Bonchev–Trinajstić information content (AvgIpc) is 2.28. The molecule has 1 aliphatic heterocycles. The zero-order valence-corrected chi connectivity index (χ0v) is 10.00. The Morgan fingerprint density at radius 1 is 1.41 bits per heavy atom. The summed E-state index contributed by atoms with van der Waals surface area (Å²) in [5.41, 5.74) is 1.09. The Bertz CT molecular complexity index is 447. The highest BCUT2D eigenvalue weighted by Gasteiger charge is 2.22. The van der Waals surface area contributed by atoms with Crippen LogP contribution in [0.1, 0.15) is 24.4 Å². The fourth-order valence-corrected chi connectivity index (χ4v) is 3.00. The van der Waals surface area contributed by atoms with Gasteiger partial charge < -0.3 is 10.4 Å². The van der Waals surface area contributed by atoms with Gasteiger partial charge in [-0.2, -0.15) is 0 Å². The van der Waals surface area contributed by atoms with Gasteiger partial charge in [0.2, 0.25) is 5.91 Å². The lowest BCUT2D eigenvalue weighted by Crippen LogP contribution is -2.31. The maximum Gasteiger partial charge on any atom is 0.312 e. The molecule has 1 atom stereocenters. The van der Waals surface area contributed by atoms with E-state index in [-0.39, 0.29) is 6.04 Å². The second-order valence-electron chi connectivity index (χ2n) is 3.87. The first-order valence-electron chi connectivity index (χ1n) is 5.39. The van der Waals surface area contributed by atoms with E-state index >= 15 is 0 Å². The molecule has 0 bridgehead atoms. The van der Waals surface area contributed by atoms with Crippen molar-refractivity contribution in [1.82, 2.24) is 5.32 Å². The summed E-state index contributed by atoms with van der Waals surface area (Å²) in [7, 11) is 0. The van der Waals surface area contributed by atoms with Gasteiger partial charge in [0.25, 0.3) is 0 Å². The number of carbonyl (C=O) groups excluding carboxylic acids is 1. The second-order valence-corrected chi connectivity index (χ2v) is 5.00. The van der Waals surface area contributed by atoms with Crippen molar-refractivity contribution in [2.45, 2.75) is 23.8 Å². The van der Waals surface area contributed by atoms with E-state index in [1.54, 1.807) is 11.8 Å². The van der Waals surface area contributed by atoms with Crippen molar-refractivity contribution in [3.63, 3.8) is 0 Å². The van der Waals surface area contributed by atoms with Crippen LogP contribution in [0.5, 0.6) is 0 Å². The van der Waals surface area contributed by atoms with E-state index in [9.17, 15) is 9.59 Å². The molecule has 1 unspecified atom stereocenters. The molecule has 0 aliphatic carbocycles. The van der Waals surface area contributed by atoms with Crippen LogP contribution in [0.4, 0.5) is 0 Å². The predicted molar refractivity (Wildman–Crippen MR) is 64.9 cm³/mol. The summed E-state index contributed by atoms with van der Waals surface area (Å²) in [5, 5.41) is 11.3. The van der Waals surface area contributed by atoms with Gasteiger partial charge in [-0.25, -0.2) is 0 Å². The minimum absolute atomic E-state index is 0.0562. The number of rotatable bonds is 3. The maximum atomic E-state index is 11.4. The number of hydrogen-bond acceptors (Lipinski definition) is 3. The molecule has 4 nitrogen and oxygen atoms in total. The molecule has 0 saturated heterocycles. The molecule has 0 saturated carbocycles. The first-order valence-corrected chi connectivity index (χ1v) is 6.38. The zero-order chi connectivity index (χ0) is 12.3. The standard InChI is InChI=1S/C12H13NO3S/c14-11(7-12(15)16)13-9-5-6-17-10-4-2-1-3-8(9)10/h1-4,9H,5-7H2,(H,13,14)(H,15,16). The highest BCUT2D eigenvalue weighted by Crippen LogP contribution is 2.35. The molecule has 1 aliphatic rings. The lowest BCUT2D eigenvalue weighted by Gasteiger charge is -2.25. The molecule has 0 aromatic heterocycles. The molecule has 1 aromatic rings. The summed E-state index contributed by atoms with van der Waals surface area (Å²) < 4.78 is 0. The molecule has 0 spiro atoms. The number of fused-ring (bicyclic) bond motifs is 1. The summed E-state index contributed by atoms with van der Waals surface area (Å²) in [6, 6.07) is 7.84. The third-order valence-electron chi connectivity index (χ3n) is 2.61. The molecule has 2 rings (SSSR count). The Kier molecular flexibility index (Phi) is 3.68. The summed E-state index contributed by atoms with van der Waals surface area (Å²) in [4.78, 5) is 23.0. The minimum Gasteiger partial charge on any atom is -0.481 e. The van der Waals surface area contributed by atoms with E-state index in [0.29, 0.717) is 0 Å². The Morgan fingerprint density at radius 3 is 2.94 bits per heavy atom. The van der Waals surface area contributed by atoms with Gasteiger partial charge in [-0.3, -0.25) is 9.59 Å². The summed E-state index contributed by atoms with van der Waals surface area (Å²) in [6.07, 6.45) is 0.374. The molecule has 2 N–H and O–H groups in total. The van der Waals surface area contributed by atoms with E-state index in [1.165, 1.54) is 4.90 Å². The number of amides is 1. The highest BCUT2D eigenvalue weighted by atomic mass is 32.2. The van der Waals surface area contributed by atoms with Gasteiger partial charge in [-0.05, 0) is 18.1 Å². The lowest BCUT2D eigenvalue weighted by molar-refractivity contribution is -0.140. The number of nitrogens with one attached hydrogen (secondary N) is 1. The third-order valence-corrected chi connectivity index (χ3v) is 3.73. The number of thioether (sulfide) groups is 1. The summed E-state index contributed by atoms with van der Waals surface area (Å²) in [5.74, 6) is -0.583. The first-order chi connectivity index (χ1) is 8.16. The van der Waals surface area contributed by atoms with Crippen LogP contribution in [-0.2, 0) is 9.59 Å². The fourth-order valence-electron chi connectivity index (χ4n) is 1.87. The van der Waals surface area contributed by atoms with Crippen LogP contribution in [0.15, 0.2) is 29.2 Å². The van der Waals surface area contributed by atoms with E-state index in [2.05, 4.69) is 5.32 Å². The normalized spacial score (nSPS) is 18.2. The second kappa shape index (κ2) is 5.23. The van der Waals surface area contributed by atoms with Crippen molar-refractivity contribution >= 4 is 23.6 Å². The van der Waals surface area contributed by atoms with Crippen LogP contribution in [0, 0.1) is 0 Å². The van der Waals surface area contributed by atoms with Gasteiger partial charge in [0.1, 0.15) is 6.42 Å². The van der Waals surface area contributed by atoms with E-state index < -0.39 is 18.3 Å². The van der Waals surface area contributed by atoms with Crippen molar-refractivity contribution in [1.29, 1.82) is 0 Å². The number of benzene rings is 1. The number of carbonyl (C=O) groups is 2. The Balaban J connectivity index is 2.08. The molecule has 1 amide bonds. The quantitative estimate of drug-likeness (QED) is 0.804. The van der Waals surface area contributed by atoms with Crippen molar-refractivity contribution in [3.8, 4) is 0 Å². The van der Waals surface area contributed by atoms with Gasteiger partial charge in [-0.15, -0.1) is 11.8 Å². The van der Waals surface area contributed by atoms with Crippen LogP contribution in [0.2, 0.25) is 0 Å². The van der Waals surface area contributed by atoms with E-state index in [1.807, 2.05) is 24.3 Å². The Labute approximate surface area is 103 Å². The van der Waals surface area contributed by atoms with Crippen LogP contribution in [0.3, 0.4) is 0 Å². The largest absolute Gasteiger partial charge is 0.481 e. The van der Waals surface area contributed by atoms with Crippen molar-refractivity contribution < 1.29 is 14.7 Å². The monoisotopic (exact) mass is 251 g/mol. The van der Waals surface area contributed by atoms with Gasteiger partial charge in [0.15, 0.2) is 0 Å². The van der Waals surface area contributed by atoms with Crippen molar-refractivity contribution in [2.24, 2.45) is 0 Å². The van der Waals surface area contributed by atoms with Gasteiger partial charge in [0, 0.05) is 10.6 Å². The Hall–Kier alpha value is -1.49. The highest BCUT2D eigenvalue weighted by molar-refractivity contribution is 7.99. The molecule has 0 fully saturated rings. The number of carboxylic acid groups (broad SMARTS) is 1. The van der Waals surface area contributed by atoms with Crippen LogP contribution in [0.25, 0.3) is 0 Å². The molecule has 0 radical (unpaired) electrons. The van der Waals surface area contributed by atoms with Gasteiger partial charge in [0.05, 0.1) is 6.04 Å². The SMILES string of the molecule is O=C(O)CC(=O)NC1CCSc2ccccc21. The predicted octanol–water partition coefficient (Wildman–Crippen LogP) is 1.81. The smallest absolute Gasteiger partial charge is 0.312 e. The fraction of sp³-hybridized carbons (Fsp3) is 0.333. The van der Waals surface area contributed by atoms with E-state index in [0.717, 1.165) is 17.7 Å². The van der Waals surface area contributed by atoms with Gasteiger partial charge >= 0.3 is 5.97 Å². The molecular weight excluding hydrogens is 238 g/mol. The van der Waals surface area contributed by atoms with Crippen molar-refractivity contribution in [3.05, 3.63) is 29.8 Å². The number of hydrogen-bond donors (Lipinski definition) is 2. The minimum atomic E-state index is -1.10. The van der Waals surface area contributed by atoms with Crippen molar-refractivity contribution in [2.75, 3.05) is 5.75 Å². The summed E-state index contributed by atoms with van der Waals surface area (Å²) >= 11 is 1.77. The van der Waals surface area contributed by atoms with Gasteiger partial charge in [-0.1, -0.05) is 18.2 Å². The van der Waals surface area contributed by atoms with E-state index in [4.69, 9.17) is 5.11 Å². The first kappa shape index (κ1) is 12.0. The molecular formula is C12H13NO3S. The topological polar surface area (TPSA) is 66.4 Å². The zero-order valence-electron chi connectivity index (χ0n) is 9.18. The van der Waals surface area contributed by atoms with Crippen LogP contribution < -0.4 is 5.32 Å². The molecule has 90 valence electrons. The molecule has 1 heterocycles. The van der Waals surface area contributed by atoms with Crippen LogP contribution in [-0.4, -0.2) is 22.7 Å². The maximum absolute atomic E-state index is 11.4. The third kappa shape index (κ3) is 3.00. The summed E-state index contributed by atoms with van der Waals surface area (Å²) in [6.45, 7) is 0. The van der Waals surface area contributed by atoms with Crippen LogP contribution >= 0.6 is 11.8 Å². The Morgan fingerprint density at radius 2 is 2.18 bits per heavy atom. The number of aliphatic carboxylic acids is 1. The lowest BCUT2D eigenvalue weighted by atomic mass is 10.0. The average molecular weight is 251 g/mol. The molecule has 17 heavy (non-hydrogen) atoms. The number of carboxylic acids is 1. The molecule has 5 heteroatoms.